The maximum atomic E-state index is 11.7. The summed E-state index contributed by atoms with van der Waals surface area (Å²) in [5.74, 6) is 1.62. The highest BCUT2D eigenvalue weighted by molar-refractivity contribution is 5.91. The van der Waals surface area contributed by atoms with Crippen LogP contribution in [0.2, 0.25) is 0 Å². The van der Waals surface area contributed by atoms with Gasteiger partial charge in [-0.3, -0.25) is 4.79 Å². The summed E-state index contributed by atoms with van der Waals surface area (Å²) in [4.78, 5) is 11.7. The van der Waals surface area contributed by atoms with Crippen molar-refractivity contribution >= 4 is 5.91 Å². The maximum absolute atomic E-state index is 11.7. The molecule has 98 valence electrons. The molecule has 1 saturated carbocycles. The van der Waals surface area contributed by atoms with Crippen LogP contribution in [0, 0.1) is 0 Å². The third-order valence-electron chi connectivity index (χ3n) is 2.92. The molecule has 19 heavy (non-hydrogen) atoms. The van der Waals surface area contributed by atoms with Gasteiger partial charge >= 0.3 is 0 Å². The Hall–Kier alpha value is -2.23. The van der Waals surface area contributed by atoms with Gasteiger partial charge in [-0.05, 0) is 37.1 Å². The van der Waals surface area contributed by atoms with E-state index in [4.69, 9.17) is 9.15 Å². The van der Waals surface area contributed by atoms with E-state index in [9.17, 15) is 4.79 Å². The molecule has 3 rings (SSSR count). The number of hydrogen-bond donors (Lipinski definition) is 1. The predicted octanol–water partition coefficient (Wildman–Crippen LogP) is 2.75. The summed E-state index contributed by atoms with van der Waals surface area (Å²) >= 11 is 0. The summed E-state index contributed by atoms with van der Waals surface area (Å²) in [6.07, 6.45) is 2.13. The lowest BCUT2D eigenvalue weighted by molar-refractivity contribution is 0.0919. The second-order valence-corrected chi connectivity index (χ2v) is 4.62. The van der Waals surface area contributed by atoms with E-state index in [2.05, 4.69) is 5.32 Å². The predicted molar refractivity (Wildman–Crippen MR) is 70.0 cm³/mol. The van der Waals surface area contributed by atoms with Crippen LogP contribution in [-0.4, -0.2) is 11.9 Å². The summed E-state index contributed by atoms with van der Waals surface area (Å²) < 4.78 is 11.0. The molecule has 0 atom stereocenters. The number of benzene rings is 1. The quantitative estimate of drug-likeness (QED) is 0.896. The molecule has 4 nitrogen and oxygen atoms in total. The largest absolute Gasteiger partial charge is 0.486 e. The number of carbonyl (C=O) groups is 1. The molecule has 1 heterocycles. The van der Waals surface area contributed by atoms with Crippen LogP contribution in [0.4, 0.5) is 0 Å². The summed E-state index contributed by atoms with van der Waals surface area (Å²) in [6.45, 7) is 0.320. The first-order chi connectivity index (χ1) is 9.31. The van der Waals surface area contributed by atoms with Crippen molar-refractivity contribution in [2.75, 3.05) is 0 Å². The van der Waals surface area contributed by atoms with Crippen LogP contribution in [0.15, 0.2) is 46.9 Å². The summed E-state index contributed by atoms with van der Waals surface area (Å²) in [7, 11) is 0. The summed E-state index contributed by atoms with van der Waals surface area (Å²) in [5.41, 5.74) is 0. The third kappa shape index (κ3) is 3.16. The molecule has 0 radical (unpaired) electrons. The molecule has 1 aromatic heterocycles. The molecule has 2 aromatic rings. The molecule has 0 bridgehead atoms. The van der Waals surface area contributed by atoms with Gasteiger partial charge in [0.1, 0.15) is 18.1 Å². The van der Waals surface area contributed by atoms with E-state index in [1.54, 1.807) is 12.1 Å². The Morgan fingerprint density at radius 2 is 2.00 bits per heavy atom. The first-order valence-corrected chi connectivity index (χ1v) is 6.39. The second-order valence-electron chi connectivity index (χ2n) is 4.62. The average molecular weight is 257 g/mol. The molecular weight excluding hydrogens is 242 g/mol. The Morgan fingerprint density at radius 3 is 2.74 bits per heavy atom. The van der Waals surface area contributed by atoms with Crippen molar-refractivity contribution in [3.05, 3.63) is 54.0 Å². The Bertz CT molecular complexity index is 558. The smallest absolute Gasteiger partial charge is 0.287 e. The van der Waals surface area contributed by atoms with E-state index in [-0.39, 0.29) is 5.91 Å². The van der Waals surface area contributed by atoms with Crippen LogP contribution in [-0.2, 0) is 6.61 Å². The van der Waals surface area contributed by atoms with Gasteiger partial charge in [0.25, 0.3) is 5.91 Å². The van der Waals surface area contributed by atoms with Crippen molar-refractivity contribution < 1.29 is 13.9 Å². The van der Waals surface area contributed by atoms with E-state index in [1.165, 1.54) is 0 Å². The zero-order valence-corrected chi connectivity index (χ0v) is 10.5. The third-order valence-corrected chi connectivity index (χ3v) is 2.92. The topological polar surface area (TPSA) is 51.5 Å². The zero-order valence-electron chi connectivity index (χ0n) is 10.5. The van der Waals surface area contributed by atoms with Crippen LogP contribution in [0.25, 0.3) is 0 Å². The van der Waals surface area contributed by atoms with Gasteiger partial charge in [-0.15, -0.1) is 0 Å². The van der Waals surface area contributed by atoms with Crippen molar-refractivity contribution in [1.29, 1.82) is 0 Å². The van der Waals surface area contributed by atoms with Crippen molar-refractivity contribution in [2.45, 2.75) is 25.5 Å². The number of carbonyl (C=O) groups excluding carboxylic acids is 1. The molecule has 0 spiro atoms. The van der Waals surface area contributed by atoms with Crippen LogP contribution in [0.1, 0.15) is 29.2 Å². The van der Waals surface area contributed by atoms with E-state index in [0.717, 1.165) is 18.6 Å². The van der Waals surface area contributed by atoms with Gasteiger partial charge in [0.05, 0.1) is 0 Å². The van der Waals surface area contributed by atoms with E-state index < -0.39 is 0 Å². The summed E-state index contributed by atoms with van der Waals surface area (Å²) in [5, 5.41) is 2.88. The van der Waals surface area contributed by atoms with Crippen molar-refractivity contribution in [3.8, 4) is 5.75 Å². The number of para-hydroxylation sites is 1. The minimum Gasteiger partial charge on any atom is -0.486 e. The molecule has 1 amide bonds. The monoisotopic (exact) mass is 257 g/mol. The summed E-state index contributed by atoms with van der Waals surface area (Å²) in [6, 6.07) is 13.3. The number of ether oxygens (including phenoxy) is 1. The van der Waals surface area contributed by atoms with E-state index in [0.29, 0.717) is 24.2 Å². The molecule has 1 aromatic carbocycles. The number of rotatable bonds is 5. The average Bonchev–Trinajstić information content (AvgIpc) is 3.12. The molecule has 0 aliphatic heterocycles. The molecule has 1 N–H and O–H groups in total. The van der Waals surface area contributed by atoms with Crippen molar-refractivity contribution in [2.24, 2.45) is 0 Å². The molecule has 1 aliphatic carbocycles. The Morgan fingerprint density at radius 1 is 1.21 bits per heavy atom. The SMILES string of the molecule is O=C(NC1CC1)c1ccc(COc2ccccc2)o1. The molecule has 4 heteroatoms. The van der Waals surface area contributed by atoms with Crippen LogP contribution < -0.4 is 10.1 Å². The molecule has 1 aliphatic rings. The van der Waals surface area contributed by atoms with E-state index in [1.807, 2.05) is 30.3 Å². The van der Waals surface area contributed by atoms with Crippen LogP contribution in [0.5, 0.6) is 5.75 Å². The molecule has 0 saturated heterocycles. The van der Waals surface area contributed by atoms with Gasteiger partial charge < -0.3 is 14.5 Å². The second kappa shape index (κ2) is 5.18. The highest BCUT2D eigenvalue weighted by Crippen LogP contribution is 2.20. The van der Waals surface area contributed by atoms with Gasteiger partial charge in [-0.25, -0.2) is 0 Å². The first-order valence-electron chi connectivity index (χ1n) is 6.39. The number of hydrogen-bond acceptors (Lipinski definition) is 3. The molecule has 1 fully saturated rings. The Labute approximate surface area is 111 Å². The van der Waals surface area contributed by atoms with Gasteiger partial charge in [0.2, 0.25) is 0 Å². The fraction of sp³-hybridized carbons (Fsp3) is 0.267. The van der Waals surface area contributed by atoms with Crippen LogP contribution in [0.3, 0.4) is 0 Å². The lowest BCUT2D eigenvalue weighted by Crippen LogP contribution is -2.24. The number of amides is 1. The van der Waals surface area contributed by atoms with Gasteiger partial charge in [-0.1, -0.05) is 18.2 Å². The van der Waals surface area contributed by atoms with E-state index >= 15 is 0 Å². The highest BCUT2D eigenvalue weighted by atomic mass is 16.5. The molecular formula is C15H15NO3. The fourth-order valence-corrected chi connectivity index (χ4v) is 1.73. The minimum atomic E-state index is -0.145. The normalized spacial score (nSPS) is 14.1. The lowest BCUT2D eigenvalue weighted by Gasteiger charge is -2.03. The van der Waals surface area contributed by atoms with Crippen molar-refractivity contribution in [1.82, 2.24) is 5.32 Å². The van der Waals surface area contributed by atoms with Crippen LogP contribution >= 0.6 is 0 Å². The first kappa shape index (κ1) is 11.8. The number of nitrogens with one attached hydrogen (secondary N) is 1. The standard InChI is InChI=1S/C15H15NO3/c17-15(16-11-6-7-11)14-9-8-13(19-14)10-18-12-4-2-1-3-5-12/h1-5,8-9,11H,6-7,10H2,(H,16,17). The molecule has 0 unspecified atom stereocenters. The maximum Gasteiger partial charge on any atom is 0.287 e. The number of furan rings is 1. The van der Waals surface area contributed by atoms with Gasteiger partial charge in [0, 0.05) is 6.04 Å². The van der Waals surface area contributed by atoms with Gasteiger partial charge in [-0.2, -0.15) is 0 Å². The van der Waals surface area contributed by atoms with Crippen molar-refractivity contribution in [3.63, 3.8) is 0 Å². The lowest BCUT2D eigenvalue weighted by atomic mass is 10.3. The minimum absolute atomic E-state index is 0.145. The fourth-order valence-electron chi connectivity index (χ4n) is 1.73. The zero-order chi connectivity index (χ0) is 13.1. The van der Waals surface area contributed by atoms with Gasteiger partial charge in [0.15, 0.2) is 5.76 Å². The highest BCUT2D eigenvalue weighted by Gasteiger charge is 2.25. The Kier molecular flexibility index (Phi) is 3.23. The Balaban J connectivity index is 1.57.